The van der Waals surface area contributed by atoms with Crippen LogP contribution in [-0.4, -0.2) is 23.7 Å². The Morgan fingerprint density at radius 3 is 2.32 bits per heavy atom. The molecule has 2 rings (SSSR count). The van der Waals surface area contributed by atoms with Gasteiger partial charge in [0.15, 0.2) is 0 Å². The first-order valence-corrected chi connectivity index (χ1v) is 8.10. The number of carbonyl (C=O) groups is 2. The van der Waals surface area contributed by atoms with Crippen LogP contribution in [0, 0.1) is 0 Å². The molecule has 0 radical (unpaired) electrons. The molecule has 0 amide bonds. The summed E-state index contributed by atoms with van der Waals surface area (Å²) in [5.41, 5.74) is 0.732. The van der Waals surface area contributed by atoms with Gasteiger partial charge in [-0.2, -0.15) is 0 Å². The maximum atomic E-state index is 11.6. The summed E-state index contributed by atoms with van der Waals surface area (Å²) >= 11 is 4.73. The Labute approximate surface area is 140 Å². The zero-order valence-corrected chi connectivity index (χ0v) is 14.1. The molecular formula is C16H13BrO4S. The minimum absolute atomic E-state index is 0.224. The Bertz CT molecular complexity index is 698. The van der Waals surface area contributed by atoms with Gasteiger partial charge in [-0.15, -0.1) is 0 Å². The lowest BCUT2D eigenvalue weighted by Gasteiger charge is -2.06. The lowest BCUT2D eigenvalue weighted by atomic mass is 10.2. The maximum absolute atomic E-state index is 11.6. The van der Waals surface area contributed by atoms with Gasteiger partial charge in [-0.05, 0) is 65.3 Å². The highest BCUT2D eigenvalue weighted by molar-refractivity contribution is 9.10. The topological polar surface area (TPSA) is 63.6 Å². The number of benzene rings is 2. The fourth-order valence-corrected chi connectivity index (χ4v) is 3.30. The first-order chi connectivity index (χ1) is 10.5. The second-order valence-corrected chi connectivity index (χ2v) is 6.29. The van der Waals surface area contributed by atoms with E-state index in [2.05, 4.69) is 15.9 Å². The van der Waals surface area contributed by atoms with Crippen molar-refractivity contribution < 1.29 is 19.4 Å². The van der Waals surface area contributed by atoms with Gasteiger partial charge in [0.1, 0.15) is 0 Å². The van der Waals surface area contributed by atoms with E-state index in [0.29, 0.717) is 16.6 Å². The van der Waals surface area contributed by atoms with Gasteiger partial charge in [-0.3, -0.25) is 0 Å². The van der Waals surface area contributed by atoms with Crippen molar-refractivity contribution in [3.63, 3.8) is 0 Å². The number of hydrogen-bond acceptors (Lipinski definition) is 4. The minimum Gasteiger partial charge on any atom is -0.478 e. The molecule has 6 heteroatoms. The first kappa shape index (κ1) is 16.6. The van der Waals surface area contributed by atoms with Crippen LogP contribution >= 0.6 is 27.7 Å². The van der Waals surface area contributed by atoms with Gasteiger partial charge in [0.2, 0.25) is 0 Å². The van der Waals surface area contributed by atoms with Crippen molar-refractivity contribution in [3.8, 4) is 0 Å². The second-order valence-electron chi connectivity index (χ2n) is 4.29. The van der Waals surface area contributed by atoms with Gasteiger partial charge in [0.25, 0.3) is 0 Å². The predicted molar refractivity (Wildman–Crippen MR) is 87.6 cm³/mol. The largest absolute Gasteiger partial charge is 0.478 e. The predicted octanol–water partition coefficient (Wildman–Crippen LogP) is 4.48. The molecule has 114 valence electrons. The molecule has 0 aliphatic carbocycles. The number of carboxylic acids is 1. The number of rotatable bonds is 5. The molecule has 0 spiro atoms. The van der Waals surface area contributed by atoms with Gasteiger partial charge in [-0.25, -0.2) is 9.59 Å². The zero-order chi connectivity index (χ0) is 16.1. The van der Waals surface area contributed by atoms with Crippen LogP contribution in [0.5, 0.6) is 0 Å². The molecule has 0 heterocycles. The van der Waals surface area contributed by atoms with E-state index in [4.69, 9.17) is 9.84 Å². The maximum Gasteiger partial charge on any atom is 0.338 e. The molecule has 4 nitrogen and oxygen atoms in total. The van der Waals surface area contributed by atoms with Crippen molar-refractivity contribution in [3.05, 3.63) is 58.1 Å². The van der Waals surface area contributed by atoms with Crippen molar-refractivity contribution in [1.82, 2.24) is 0 Å². The zero-order valence-electron chi connectivity index (χ0n) is 11.7. The third-order valence-corrected chi connectivity index (χ3v) is 4.43. The standard InChI is InChI=1S/C16H13BrO4S/c1-2-21-16(20)10-3-5-11(6-4-10)22-12-7-8-13(15(18)19)14(17)9-12/h3-9H,2H2,1H3,(H,18,19). The van der Waals surface area contributed by atoms with E-state index < -0.39 is 5.97 Å². The van der Waals surface area contributed by atoms with Crippen molar-refractivity contribution in [1.29, 1.82) is 0 Å². The van der Waals surface area contributed by atoms with Crippen molar-refractivity contribution in [2.24, 2.45) is 0 Å². The summed E-state index contributed by atoms with van der Waals surface area (Å²) in [4.78, 5) is 24.4. The number of aromatic carboxylic acids is 1. The third-order valence-electron chi connectivity index (χ3n) is 2.77. The van der Waals surface area contributed by atoms with Crippen LogP contribution in [0.4, 0.5) is 0 Å². The molecule has 0 bridgehead atoms. The van der Waals surface area contributed by atoms with Crippen LogP contribution in [0.3, 0.4) is 0 Å². The van der Waals surface area contributed by atoms with Crippen LogP contribution in [-0.2, 0) is 4.74 Å². The molecule has 0 aliphatic rings. The van der Waals surface area contributed by atoms with Crippen molar-refractivity contribution in [2.45, 2.75) is 16.7 Å². The Hall–Kier alpha value is -1.79. The highest BCUT2D eigenvalue weighted by Crippen LogP contribution is 2.31. The molecule has 2 aromatic rings. The van der Waals surface area contributed by atoms with Gasteiger partial charge < -0.3 is 9.84 Å². The fourth-order valence-electron chi connectivity index (χ4n) is 1.74. The molecular weight excluding hydrogens is 368 g/mol. The lowest BCUT2D eigenvalue weighted by Crippen LogP contribution is -2.03. The number of esters is 1. The van der Waals surface area contributed by atoms with Gasteiger partial charge >= 0.3 is 11.9 Å². The Balaban J connectivity index is 2.12. The molecule has 0 atom stereocenters. The van der Waals surface area contributed by atoms with E-state index in [1.165, 1.54) is 11.8 Å². The van der Waals surface area contributed by atoms with E-state index in [1.54, 1.807) is 37.3 Å². The Kier molecular flexibility index (Phi) is 5.63. The highest BCUT2D eigenvalue weighted by atomic mass is 79.9. The normalized spacial score (nSPS) is 10.3. The molecule has 0 saturated heterocycles. The molecule has 22 heavy (non-hydrogen) atoms. The lowest BCUT2D eigenvalue weighted by molar-refractivity contribution is 0.0525. The van der Waals surface area contributed by atoms with Crippen molar-refractivity contribution >= 4 is 39.6 Å². The Morgan fingerprint density at radius 1 is 1.14 bits per heavy atom. The van der Waals surface area contributed by atoms with E-state index >= 15 is 0 Å². The van der Waals surface area contributed by atoms with Crippen LogP contribution in [0.25, 0.3) is 0 Å². The molecule has 0 aliphatic heterocycles. The van der Waals surface area contributed by atoms with Gasteiger partial charge in [0, 0.05) is 14.3 Å². The number of carboxylic acid groups (broad SMARTS) is 1. The Morgan fingerprint density at radius 2 is 1.77 bits per heavy atom. The summed E-state index contributed by atoms with van der Waals surface area (Å²) in [7, 11) is 0. The second kappa shape index (κ2) is 7.47. The summed E-state index contributed by atoms with van der Waals surface area (Å²) in [5, 5.41) is 8.99. The first-order valence-electron chi connectivity index (χ1n) is 6.49. The van der Waals surface area contributed by atoms with Crippen LogP contribution < -0.4 is 0 Å². The van der Waals surface area contributed by atoms with E-state index in [-0.39, 0.29) is 11.5 Å². The summed E-state index contributed by atoms with van der Waals surface area (Å²) < 4.78 is 5.47. The fraction of sp³-hybridized carbons (Fsp3) is 0.125. The number of hydrogen-bond donors (Lipinski definition) is 1. The van der Waals surface area contributed by atoms with E-state index in [1.807, 2.05) is 12.1 Å². The molecule has 0 saturated carbocycles. The number of carbonyl (C=O) groups excluding carboxylic acids is 1. The van der Waals surface area contributed by atoms with E-state index in [0.717, 1.165) is 9.79 Å². The monoisotopic (exact) mass is 380 g/mol. The van der Waals surface area contributed by atoms with Crippen LogP contribution in [0.2, 0.25) is 0 Å². The van der Waals surface area contributed by atoms with Gasteiger partial charge in [0.05, 0.1) is 17.7 Å². The van der Waals surface area contributed by atoms with E-state index in [9.17, 15) is 9.59 Å². The number of halogens is 1. The van der Waals surface area contributed by atoms with Gasteiger partial charge in [-0.1, -0.05) is 11.8 Å². The third kappa shape index (κ3) is 4.11. The summed E-state index contributed by atoms with van der Waals surface area (Å²) in [5.74, 6) is -1.31. The molecule has 0 aromatic heterocycles. The average Bonchev–Trinajstić information content (AvgIpc) is 2.48. The summed E-state index contributed by atoms with van der Waals surface area (Å²) in [6.07, 6.45) is 0. The van der Waals surface area contributed by atoms with Crippen molar-refractivity contribution in [2.75, 3.05) is 6.61 Å². The quantitative estimate of drug-likeness (QED) is 0.774. The van der Waals surface area contributed by atoms with Crippen LogP contribution in [0.15, 0.2) is 56.7 Å². The SMILES string of the molecule is CCOC(=O)c1ccc(Sc2ccc(C(=O)O)c(Br)c2)cc1. The smallest absolute Gasteiger partial charge is 0.338 e. The minimum atomic E-state index is -0.970. The molecule has 2 aromatic carbocycles. The average molecular weight is 381 g/mol. The molecule has 1 N–H and O–H groups in total. The summed E-state index contributed by atoms with van der Waals surface area (Å²) in [6.45, 7) is 2.11. The summed E-state index contributed by atoms with van der Waals surface area (Å²) in [6, 6.07) is 12.1. The van der Waals surface area contributed by atoms with Crippen LogP contribution in [0.1, 0.15) is 27.6 Å². The number of ether oxygens (including phenoxy) is 1. The molecule has 0 fully saturated rings. The molecule has 0 unspecified atom stereocenters. The highest BCUT2D eigenvalue weighted by Gasteiger charge is 2.10.